The van der Waals surface area contributed by atoms with E-state index in [9.17, 15) is 9.59 Å². The highest BCUT2D eigenvalue weighted by Crippen LogP contribution is 2.31. The summed E-state index contributed by atoms with van der Waals surface area (Å²) >= 11 is 1.73. The number of ketones is 2. The zero-order valence-corrected chi connectivity index (χ0v) is 23.7. The van der Waals surface area contributed by atoms with Gasteiger partial charge in [0.05, 0.1) is 17.6 Å². The molecule has 4 N–H and O–H groups in total. The average molecular weight is 472 g/mol. The molecule has 2 atom stereocenters. The van der Waals surface area contributed by atoms with Crippen LogP contribution in [-0.2, 0) is 9.59 Å². The number of hydrogen-bond acceptors (Lipinski definition) is 6. The summed E-state index contributed by atoms with van der Waals surface area (Å²) in [7, 11) is 0. The zero-order valence-electron chi connectivity index (χ0n) is 22.9. The van der Waals surface area contributed by atoms with E-state index in [-0.39, 0.29) is 34.6 Å². The van der Waals surface area contributed by atoms with Crippen molar-refractivity contribution in [3.05, 3.63) is 0 Å². The number of thioether (sulfide) groups is 1. The summed E-state index contributed by atoms with van der Waals surface area (Å²) in [5.41, 5.74) is 4.23. The van der Waals surface area contributed by atoms with Crippen molar-refractivity contribution in [1.29, 1.82) is 0 Å². The first kappa shape index (κ1) is 31.6. The lowest BCUT2D eigenvalue weighted by Gasteiger charge is -2.44. The fourth-order valence-electron chi connectivity index (χ4n) is 3.51. The number of nitrogens with two attached hydrogens (primary N) is 1. The van der Waals surface area contributed by atoms with Gasteiger partial charge in [-0.3, -0.25) is 14.9 Å². The van der Waals surface area contributed by atoms with E-state index in [0.29, 0.717) is 6.54 Å². The van der Waals surface area contributed by atoms with Crippen LogP contribution in [0, 0.1) is 10.8 Å². The summed E-state index contributed by atoms with van der Waals surface area (Å²) < 4.78 is 0. The van der Waals surface area contributed by atoms with E-state index in [2.05, 4.69) is 51.5 Å². The summed E-state index contributed by atoms with van der Waals surface area (Å²) in [6.45, 7) is 21.4. The number of rotatable bonds is 16. The normalized spacial score (nSPS) is 15.5. The molecule has 0 spiro atoms. The molecule has 190 valence electrons. The topological polar surface area (TPSA) is 84.2 Å². The van der Waals surface area contributed by atoms with Crippen LogP contribution in [0.25, 0.3) is 0 Å². The number of carbonyl (C=O) groups is 2. The summed E-state index contributed by atoms with van der Waals surface area (Å²) in [5.74, 6) is 1.18. The van der Waals surface area contributed by atoms with Gasteiger partial charge in [-0.2, -0.15) is 11.8 Å². The predicted molar refractivity (Wildman–Crippen MR) is 141 cm³/mol. The SMILES string of the molecule is CCC(C)(C)C(=O)[C@H](CCSC)NC(C)(C)C(=O)[C@H](CCCCN)NC(C)(C)C(C)(C)C. The van der Waals surface area contributed by atoms with Gasteiger partial charge in [0.2, 0.25) is 0 Å². The van der Waals surface area contributed by atoms with Crippen molar-refractivity contribution in [2.75, 3.05) is 18.6 Å². The number of unbranched alkanes of at least 4 members (excludes halogenated alkanes) is 1. The van der Waals surface area contributed by atoms with E-state index in [1.54, 1.807) is 11.8 Å². The van der Waals surface area contributed by atoms with Crippen molar-refractivity contribution in [2.24, 2.45) is 16.6 Å². The second kappa shape index (κ2) is 12.9. The Balaban J connectivity index is 5.82. The van der Waals surface area contributed by atoms with Crippen LogP contribution in [0.3, 0.4) is 0 Å². The van der Waals surface area contributed by atoms with Crippen molar-refractivity contribution in [2.45, 2.75) is 125 Å². The lowest BCUT2D eigenvalue weighted by atomic mass is 9.75. The summed E-state index contributed by atoms with van der Waals surface area (Å²) in [5, 5.41) is 7.15. The van der Waals surface area contributed by atoms with Crippen LogP contribution in [0.2, 0.25) is 0 Å². The van der Waals surface area contributed by atoms with E-state index in [1.165, 1.54) is 0 Å². The molecule has 0 aliphatic rings. The summed E-state index contributed by atoms with van der Waals surface area (Å²) in [6.07, 6.45) is 6.08. The van der Waals surface area contributed by atoms with Crippen LogP contribution in [0.1, 0.15) is 101 Å². The third-order valence-corrected chi connectivity index (χ3v) is 7.95. The van der Waals surface area contributed by atoms with Crippen LogP contribution in [0.4, 0.5) is 0 Å². The molecule has 0 saturated heterocycles. The van der Waals surface area contributed by atoms with Gasteiger partial charge in [-0.1, -0.05) is 48.0 Å². The monoisotopic (exact) mass is 471 g/mol. The number of carbonyl (C=O) groups excluding carboxylic acids is 2. The van der Waals surface area contributed by atoms with Gasteiger partial charge in [0.1, 0.15) is 0 Å². The van der Waals surface area contributed by atoms with E-state index in [1.807, 2.05) is 34.6 Å². The van der Waals surface area contributed by atoms with Crippen molar-refractivity contribution in [3.8, 4) is 0 Å². The molecule has 32 heavy (non-hydrogen) atoms. The molecule has 0 bridgehead atoms. The number of nitrogens with one attached hydrogen (secondary N) is 2. The number of Topliss-reactive ketones (excluding diaryl/α,β-unsaturated/α-hetero) is 2. The first-order valence-corrected chi connectivity index (χ1v) is 13.7. The third-order valence-electron chi connectivity index (χ3n) is 7.30. The molecule has 0 heterocycles. The molecule has 0 radical (unpaired) electrons. The quantitative estimate of drug-likeness (QED) is 0.276. The molecule has 6 heteroatoms. The fourth-order valence-corrected chi connectivity index (χ4v) is 3.98. The minimum atomic E-state index is -0.823. The predicted octanol–water partition coefficient (Wildman–Crippen LogP) is 4.96. The Morgan fingerprint density at radius 1 is 0.844 bits per heavy atom. The molecular formula is C26H53N3O2S. The highest BCUT2D eigenvalue weighted by atomic mass is 32.2. The summed E-state index contributed by atoms with van der Waals surface area (Å²) in [6, 6.07) is -0.634. The lowest BCUT2D eigenvalue weighted by molar-refractivity contribution is -0.132. The average Bonchev–Trinajstić information content (AvgIpc) is 2.68. The van der Waals surface area contributed by atoms with E-state index < -0.39 is 11.0 Å². The largest absolute Gasteiger partial charge is 0.330 e. The molecule has 0 aliphatic carbocycles. The maximum atomic E-state index is 13.8. The van der Waals surface area contributed by atoms with Crippen molar-refractivity contribution >= 4 is 23.3 Å². The standard InChI is InChI=1S/C26H53N3O2S/c1-12-24(5,6)21(30)20(16-18-32-11)28-25(7,8)22(31)19(15-13-14-17-27)29-26(9,10)23(2,3)4/h19-20,28-29H,12-18,27H2,1-11H3/t19-,20-/m0/s1. The maximum Gasteiger partial charge on any atom is 0.169 e. The third kappa shape index (κ3) is 9.44. The Hall–Kier alpha value is -0.430. The van der Waals surface area contributed by atoms with Crippen LogP contribution in [-0.4, -0.2) is 53.3 Å². The van der Waals surface area contributed by atoms with Crippen molar-refractivity contribution in [3.63, 3.8) is 0 Å². The van der Waals surface area contributed by atoms with Crippen molar-refractivity contribution in [1.82, 2.24) is 10.6 Å². The first-order chi connectivity index (χ1) is 14.5. The first-order valence-electron chi connectivity index (χ1n) is 12.3. The number of hydrogen-bond donors (Lipinski definition) is 3. The molecule has 0 aromatic carbocycles. The van der Waals surface area contributed by atoms with Gasteiger partial charge in [0.15, 0.2) is 11.6 Å². The maximum absolute atomic E-state index is 13.8. The van der Waals surface area contributed by atoms with Crippen LogP contribution < -0.4 is 16.4 Å². The Bertz CT molecular complexity index is 594. The molecule has 0 aromatic rings. The second-order valence-electron chi connectivity index (χ2n) is 11.9. The lowest BCUT2D eigenvalue weighted by Crippen LogP contribution is -2.64. The smallest absolute Gasteiger partial charge is 0.169 e. The Morgan fingerprint density at radius 3 is 1.81 bits per heavy atom. The molecule has 5 nitrogen and oxygen atoms in total. The fraction of sp³-hybridized carbons (Fsp3) is 0.923. The van der Waals surface area contributed by atoms with E-state index in [4.69, 9.17) is 5.73 Å². The van der Waals surface area contributed by atoms with Gasteiger partial charge in [-0.15, -0.1) is 0 Å². The molecule has 0 amide bonds. The van der Waals surface area contributed by atoms with Gasteiger partial charge in [-0.25, -0.2) is 0 Å². The minimum absolute atomic E-state index is 0.0149. The summed E-state index contributed by atoms with van der Waals surface area (Å²) in [4.78, 5) is 27.2. The molecular weight excluding hydrogens is 418 g/mol. The van der Waals surface area contributed by atoms with Crippen molar-refractivity contribution < 1.29 is 9.59 Å². The molecule has 0 rings (SSSR count). The highest BCUT2D eigenvalue weighted by molar-refractivity contribution is 7.98. The van der Waals surface area contributed by atoms with Gasteiger partial charge in [0, 0.05) is 11.0 Å². The van der Waals surface area contributed by atoms with Crippen LogP contribution in [0.5, 0.6) is 0 Å². The molecule has 0 unspecified atom stereocenters. The Morgan fingerprint density at radius 2 is 1.38 bits per heavy atom. The minimum Gasteiger partial charge on any atom is -0.330 e. The van der Waals surface area contributed by atoms with E-state index >= 15 is 0 Å². The highest BCUT2D eigenvalue weighted by Gasteiger charge is 2.42. The van der Waals surface area contributed by atoms with Gasteiger partial charge >= 0.3 is 0 Å². The molecule has 0 saturated carbocycles. The molecule has 0 aromatic heterocycles. The Labute approximate surface area is 203 Å². The molecule has 0 aliphatic heterocycles. The zero-order chi connectivity index (χ0) is 25.4. The second-order valence-corrected chi connectivity index (χ2v) is 12.9. The van der Waals surface area contributed by atoms with Crippen LogP contribution >= 0.6 is 11.8 Å². The van der Waals surface area contributed by atoms with Gasteiger partial charge in [0.25, 0.3) is 0 Å². The van der Waals surface area contributed by atoms with Gasteiger partial charge in [-0.05, 0) is 77.3 Å². The van der Waals surface area contributed by atoms with Crippen LogP contribution in [0.15, 0.2) is 0 Å². The Kier molecular flexibility index (Phi) is 12.7. The molecule has 0 fully saturated rings. The van der Waals surface area contributed by atoms with Gasteiger partial charge < -0.3 is 11.1 Å². The van der Waals surface area contributed by atoms with E-state index in [0.717, 1.165) is 37.9 Å².